The molecule has 0 unspecified atom stereocenters. The average molecular weight is 404 g/mol. The SMILES string of the molecule is Cl.O=c1cc(Cn2c(C3CCC3)nc3nccnc32)c2ccc(F)c(F)c2[nH]1. The van der Waals surface area contributed by atoms with Gasteiger partial charge in [-0.3, -0.25) is 4.79 Å². The maximum absolute atomic E-state index is 14.2. The molecule has 1 aliphatic carbocycles. The predicted molar refractivity (Wildman–Crippen MR) is 103 cm³/mol. The molecule has 6 nitrogen and oxygen atoms in total. The van der Waals surface area contributed by atoms with Gasteiger partial charge in [-0.15, -0.1) is 12.4 Å². The van der Waals surface area contributed by atoms with Crippen molar-refractivity contribution in [3.05, 3.63) is 64.0 Å². The third-order valence-electron chi connectivity index (χ3n) is 5.21. The Morgan fingerprint density at radius 1 is 1.18 bits per heavy atom. The lowest BCUT2D eigenvalue weighted by atomic mass is 9.85. The number of hydrogen-bond acceptors (Lipinski definition) is 4. The van der Waals surface area contributed by atoms with Crippen LogP contribution in [-0.4, -0.2) is 24.5 Å². The van der Waals surface area contributed by atoms with Crippen LogP contribution in [0, 0.1) is 11.6 Å². The summed E-state index contributed by atoms with van der Waals surface area (Å²) in [6, 6.07) is 3.96. The number of benzene rings is 1. The smallest absolute Gasteiger partial charge is 0.248 e. The topological polar surface area (TPSA) is 76.5 Å². The largest absolute Gasteiger partial charge is 0.319 e. The summed E-state index contributed by atoms with van der Waals surface area (Å²) in [7, 11) is 0. The molecule has 1 fully saturated rings. The normalized spacial score (nSPS) is 14.2. The van der Waals surface area contributed by atoms with Crippen LogP contribution in [0.1, 0.15) is 36.6 Å². The summed E-state index contributed by atoms with van der Waals surface area (Å²) in [6.45, 7) is 0.284. The minimum Gasteiger partial charge on any atom is -0.319 e. The second-order valence-electron chi connectivity index (χ2n) is 6.83. The molecule has 0 aliphatic heterocycles. The second-order valence-corrected chi connectivity index (χ2v) is 6.83. The molecule has 4 aromatic rings. The summed E-state index contributed by atoms with van der Waals surface area (Å²) in [6.07, 6.45) is 6.41. The minimum atomic E-state index is -1.05. The Balaban J connectivity index is 0.00000192. The van der Waals surface area contributed by atoms with Gasteiger partial charge < -0.3 is 9.55 Å². The fraction of sp³-hybridized carbons (Fsp3) is 0.263. The second kappa shape index (κ2) is 6.94. The van der Waals surface area contributed by atoms with Gasteiger partial charge >= 0.3 is 0 Å². The summed E-state index contributed by atoms with van der Waals surface area (Å²) in [5, 5.41) is 0.457. The average Bonchev–Trinajstić information content (AvgIpc) is 2.95. The highest BCUT2D eigenvalue weighted by Crippen LogP contribution is 2.37. The molecule has 0 bridgehead atoms. The van der Waals surface area contributed by atoms with Crippen LogP contribution in [0.25, 0.3) is 22.2 Å². The van der Waals surface area contributed by atoms with Crippen molar-refractivity contribution in [1.82, 2.24) is 24.5 Å². The van der Waals surface area contributed by atoms with Crippen LogP contribution in [0.2, 0.25) is 0 Å². The van der Waals surface area contributed by atoms with Crippen molar-refractivity contribution < 1.29 is 8.78 Å². The molecule has 3 heterocycles. The van der Waals surface area contributed by atoms with E-state index in [2.05, 4.69) is 19.9 Å². The molecule has 0 atom stereocenters. The van der Waals surface area contributed by atoms with E-state index in [1.807, 2.05) is 4.57 Å². The number of H-pyrrole nitrogens is 1. The van der Waals surface area contributed by atoms with Gasteiger partial charge in [-0.2, -0.15) is 0 Å². The highest BCUT2D eigenvalue weighted by molar-refractivity contribution is 5.85. The van der Waals surface area contributed by atoms with Gasteiger partial charge in [0, 0.05) is 29.8 Å². The van der Waals surface area contributed by atoms with Crippen LogP contribution in [0.5, 0.6) is 0 Å². The van der Waals surface area contributed by atoms with Crippen molar-refractivity contribution in [1.29, 1.82) is 0 Å². The molecule has 1 aromatic carbocycles. The lowest BCUT2D eigenvalue weighted by Crippen LogP contribution is -2.17. The standard InChI is InChI=1S/C19H15F2N5O.ClH/c20-13-5-4-12-11(8-14(27)24-16(12)15(13)21)9-26-18(10-2-1-3-10)25-17-19(26)23-7-6-22-17;/h4-8,10H,1-3,9H2,(H,24,27);1H. The number of nitrogens with one attached hydrogen (secondary N) is 1. The summed E-state index contributed by atoms with van der Waals surface area (Å²) in [4.78, 5) is 27.7. The first-order chi connectivity index (χ1) is 13.1. The summed E-state index contributed by atoms with van der Waals surface area (Å²) >= 11 is 0. The van der Waals surface area contributed by atoms with Crippen molar-refractivity contribution in [3.8, 4) is 0 Å². The Morgan fingerprint density at radius 3 is 2.71 bits per heavy atom. The molecule has 0 amide bonds. The van der Waals surface area contributed by atoms with Gasteiger partial charge in [0.25, 0.3) is 0 Å². The van der Waals surface area contributed by atoms with Crippen LogP contribution in [-0.2, 0) is 6.54 Å². The zero-order valence-corrected chi connectivity index (χ0v) is 15.5. The fourth-order valence-electron chi connectivity index (χ4n) is 3.64. The van der Waals surface area contributed by atoms with Gasteiger partial charge in [-0.1, -0.05) is 6.42 Å². The molecule has 28 heavy (non-hydrogen) atoms. The lowest BCUT2D eigenvalue weighted by Gasteiger charge is -2.25. The number of halogens is 3. The molecule has 1 aliphatic rings. The number of rotatable bonds is 3. The number of hydrogen-bond donors (Lipinski definition) is 1. The third-order valence-corrected chi connectivity index (χ3v) is 5.21. The zero-order chi connectivity index (χ0) is 18.5. The van der Waals surface area contributed by atoms with Gasteiger partial charge in [0.2, 0.25) is 5.56 Å². The minimum absolute atomic E-state index is 0. The van der Waals surface area contributed by atoms with Crippen molar-refractivity contribution in [2.24, 2.45) is 0 Å². The van der Waals surface area contributed by atoms with Crippen LogP contribution in [0.3, 0.4) is 0 Å². The van der Waals surface area contributed by atoms with E-state index in [1.165, 1.54) is 12.1 Å². The monoisotopic (exact) mass is 403 g/mol. The predicted octanol–water partition coefficient (Wildman–Crippen LogP) is 3.68. The number of aromatic amines is 1. The number of nitrogens with zero attached hydrogens (tertiary/aromatic N) is 4. The van der Waals surface area contributed by atoms with Crippen LogP contribution >= 0.6 is 12.4 Å². The van der Waals surface area contributed by atoms with Crippen molar-refractivity contribution >= 4 is 34.6 Å². The van der Waals surface area contributed by atoms with Crippen molar-refractivity contribution in [2.75, 3.05) is 0 Å². The van der Waals surface area contributed by atoms with Crippen LogP contribution in [0.15, 0.2) is 35.4 Å². The number of fused-ring (bicyclic) bond motifs is 2. The van der Waals surface area contributed by atoms with E-state index in [0.29, 0.717) is 28.2 Å². The van der Waals surface area contributed by atoms with E-state index in [1.54, 1.807) is 12.4 Å². The fourth-order valence-corrected chi connectivity index (χ4v) is 3.64. The van der Waals surface area contributed by atoms with E-state index < -0.39 is 17.2 Å². The molecule has 0 spiro atoms. The molecular weight excluding hydrogens is 388 g/mol. The summed E-state index contributed by atoms with van der Waals surface area (Å²) in [5.41, 5.74) is 1.14. The molecule has 0 radical (unpaired) electrons. The van der Waals surface area contributed by atoms with Gasteiger partial charge in [0.15, 0.2) is 22.9 Å². The molecule has 1 saturated carbocycles. The Kier molecular flexibility index (Phi) is 4.58. The molecule has 144 valence electrons. The Labute approximate surface area is 164 Å². The highest BCUT2D eigenvalue weighted by atomic mass is 35.5. The maximum atomic E-state index is 14.2. The van der Waals surface area contributed by atoms with Crippen molar-refractivity contribution in [3.63, 3.8) is 0 Å². The van der Waals surface area contributed by atoms with Gasteiger partial charge in [0.05, 0.1) is 12.1 Å². The first kappa shape index (κ1) is 18.5. The Morgan fingerprint density at radius 2 is 1.96 bits per heavy atom. The van der Waals surface area contributed by atoms with E-state index in [9.17, 15) is 13.6 Å². The van der Waals surface area contributed by atoms with E-state index in [4.69, 9.17) is 0 Å². The molecule has 3 aromatic heterocycles. The number of imidazole rings is 1. The summed E-state index contributed by atoms with van der Waals surface area (Å²) < 4.78 is 29.7. The Bertz CT molecular complexity index is 1250. The van der Waals surface area contributed by atoms with E-state index in [0.717, 1.165) is 31.2 Å². The molecule has 5 rings (SSSR count). The van der Waals surface area contributed by atoms with Gasteiger partial charge in [-0.25, -0.2) is 23.7 Å². The van der Waals surface area contributed by atoms with E-state index in [-0.39, 0.29) is 24.5 Å². The van der Waals surface area contributed by atoms with Crippen LogP contribution in [0.4, 0.5) is 8.78 Å². The maximum Gasteiger partial charge on any atom is 0.248 e. The first-order valence-electron chi connectivity index (χ1n) is 8.79. The molecule has 9 heteroatoms. The molecular formula is C19H16ClF2N5O. The molecule has 1 N–H and O–H groups in total. The number of aromatic nitrogens is 5. The van der Waals surface area contributed by atoms with Crippen molar-refractivity contribution in [2.45, 2.75) is 31.7 Å². The Hall–Kier alpha value is -2.87. The highest BCUT2D eigenvalue weighted by Gasteiger charge is 2.27. The third kappa shape index (κ3) is 2.84. The van der Waals surface area contributed by atoms with E-state index >= 15 is 0 Å². The first-order valence-corrected chi connectivity index (χ1v) is 8.79. The lowest BCUT2D eigenvalue weighted by molar-refractivity contribution is 0.391. The summed E-state index contributed by atoms with van der Waals surface area (Å²) in [5.74, 6) is -0.854. The quantitative estimate of drug-likeness (QED) is 0.566. The number of pyridine rings is 1. The van der Waals surface area contributed by atoms with Gasteiger partial charge in [-0.05, 0) is 30.5 Å². The zero-order valence-electron chi connectivity index (χ0n) is 14.7. The van der Waals surface area contributed by atoms with Crippen LogP contribution < -0.4 is 5.56 Å². The molecule has 0 saturated heterocycles. The van der Waals surface area contributed by atoms with Gasteiger partial charge in [0.1, 0.15) is 5.82 Å².